The van der Waals surface area contributed by atoms with Gasteiger partial charge in [-0.2, -0.15) is 0 Å². The zero-order valence-electron chi connectivity index (χ0n) is 9.75. The van der Waals surface area contributed by atoms with Gasteiger partial charge in [0.2, 0.25) is 9.84 Å². The summed E-state index contributed by atoms with van der Waals surface area (Å²) in [6.45, 7) is 1.76. The highest BCUT2D eigenvalue weighted by atomic mass is 35.5. The van der Waals surface area contributed by atoms with Crippen LogP contribution in [0.15, 0.2) is 29.4 Å². The Morgan fingerprint density at radius 2 is 1.89 bits per heavy atom. The predicted octanol–water partition coefficient (Wildman–Crippen LogP) is 1.67. The van der Waals surface area contributed by atoms with Crippen molar-refractivity contribution in [1.82, 2.24) is 15.2 Å². The summed E-state index contributed by atoms with van der Waals surface area (Å²) in [6.07, 6.45) is 0. The molecule has 0 aliphatic carbocycles. The van der Waals surface area contributed by atoms with Crippen molar-refractivity contribution in [3.05, 3.63) is 24.3 Å². The Labute approximate surface area is 110 Å². The third kappa shape index (κ3) is 2.76. The average Bonchev–Trinajstić information content (AvgIpc) is 2.37. The van der Waals surface area contributed by atoms with Crippen LogP contribution < -0.4 is 0 Å². The number of nitrogens with zero attached hydrogens (tertiary/aromatic N) is 3. The van der Waals surface area contributed by atoms with Gasteiger partial charge in [-0.3, -0.25) is 0 Å². The molecule has 96 valence electrons. The van der Waals surface area contributed by atoms with E-state index < -0.39 is 9.84 Å². The number of aromatic nitrogens is 3. The van der Waals surface area contributed by atoms with E-state index in [2.05, 4.69) is 15.2 Å². The SMILES string of the molecule is CC(CCl)CS(=O)(=O)c1nnc2ccccc2n1. The summed E-state index contributed by atoms with van der Waals surface area (Å²) >= 11 is 5.62. The molecule has 7 heteroatoms. The summed E-state index contributed by atoms with van der Waals surface area (Å²) in [5, 5.41) is 7.29. The van der Waals surface area contributed by atoms with Crippen LogP contribution in [-0.4, -0.2) is 35.2 Å². The number of fused-ring (bicyclic) bond motifs is 1. The normalized spacial score (nSPS) is 13.7. The smallest absolute Gasteiger partial charge is 0.220 e. The summed E-state index contributed by atoms with van der Waals surface area (Å²) in [6, 6.07) is 7.00. The summed E-state index contributed by atoms with van der Waals surface area (Å²) in [4.78, 5) is 4.03. The van der Waals surface area contributed by atoms with Crippen LogP contribution in [0.4, 0.5) is 0 Å². The minimum Gasteiger partial charge on any atom is -0.220 e. The molecule has 1 heterocycles. The molecule has 1 aromatic carbocycles. The van der Waals surface area contributed by atoms with Crippen molar-refractivity contribution in [3.8, 4) is 0 Å². The first-order valence-electron chi connectivity index (χ1n) is 5.41. The van der Waals surface area contributed by atoms with Crippen molar-refractivity contribution in [1.29, 1.82) is 0 Å². The second-order valence-corrected chi connectivity index (χ2v) is 6.36. The van der Waals surface area contributed by atoms with Gasteiger partial charge in [0, 0.05) is 5.88 Å². The van der Waals surface area contributed by atoms with Crippen LogP contribution in [0.2, 0.25) is 0 Å². The lowest BCUT2D eigenvalue weighted by atomic mass is 10.3. The van der Waals surface area contributed by atoms with Gasteiger partial charge in [0.15, 0.2) is 0 Å². The van der Waals surface area contributed by atoms with E-state index in [0.717, 1.165) is 0 Å². The van der Waals surface area contributed by atoms with E-state index in [1.54, 1.807) is 31.2 Å². The van der Waals surface area contributed by atoms with Crippen LogP contribution in [0.5, 0.6) is 0 Å². The Kier molecular flexibility index (Phi) is 3.77. The van der Waals surface area contributed by atoms with Crippen LogP contribution in [0.25, 0.3) is 11.0 Å². The molecular formula is C11H12ClN3O2S. The largest absolute Gasteiger partial charge is 0.268 e. The van der Waals surface area contributed by atoms with E-state index in [1.807, 2.05) is 0 Å². The zero-order chi connectivity index (χ0) is 13.2. The van der Waals surface area contributed by atoms with Crippen LogP contribution >= 0.6 is 11.6 Å². The molecule has 5 nitrogen and oxygen atoms in total. The standard InChI is InChI=1S/C11H12ClN3O2S/c1-8(6-12)7-18(16,17)11-13-9-4-2-3-5-10(9)14-15-11/h2-5,8H,6-7H2,1H3. The lowest BCUT2D eigenvalue weighted by Crippen LogP contribution is -2.18. The zero-order valence-corrected chi connectivity index (χ0v) is 11.3. The highest BCUT2D eigenvalue weighted by molar-refractivity contribution is 7.91. The van der Waals surface area contributed by atoms with E-state index in [1.165, 1.54) is 0 Å². The summed E-state index contributed by atoms with van der Waals surface area (Å²) in [5.41, 5.74) is 1.09. The Balaban J connectivity index is 2.41. The second-order valence-electron chi connectivity index (χ2n) is 4.12. The van der Waals surface area contributed by atoms with Gasteiger partial charge in [-0.05, 0) is 18.1 Å². The van der Waals surface area contributed by atoms with Crippen molar-refractivity contribution in [2.75, 3.05) is 11.6 Å². The Bertz CT molecular complexity index is 660. The van der Waals surface area contributed by atoms with Crippen LogP contribution in [0, 0.1) is 5.92 Å². The van der Waals surface area contributed by atoms with Crippen molar-refractivity contribution in [2.45, 2.75) is 12.1 Å². The second kappa shape index (κ2) is 5.16. The third-order valence-electron chi connectivity index (χ3n) is 2.39. The molecule has 1 unspecified atom stereocenters. The Hall–Kier alpha value is -1.27. The Morgan fingerprint density at radius 3 is 2.56 bits per heavy atom. The highest BCUT2D eigenvalue weighted by Crippen LogP contribution is 2.13. The molecule has 18 heavy (non-hydrogen) atoms. The third-order valence-corrected chi connectivity index (χ3v) is 4.65. The van der Waals surface area contributed by atoms with Gasteiger partial charge in [0.1, 0.15) is 5.52 Å². The highest BCUT2D eigenvalue weighted by Gasteiger charge is 2.22. The maximum absolute atomic E-state index is 12.0. The number of alkyl halides is 1. The number of hydrogen-bond acceptors (Lipinski definition) is 5. The number of halogens is 1. The molecule has 0 N–H and O–H groups in total. The molecule has 0 radical (unpaired) electrons. The van der Waals surface area contributed by atoms with E-state index in [4.69, 9.17) is 11.6 Å². The fraction of sp³-hybridized carbons (Fsp3) is 0.364. The molecular weight excluding hydrogens is 274 g/mol. The monoisotopic (exact) mass is 285 g/mol. The maximum Gasteiger partial charge on any atom is 0.268 e. The van der Waals surface area contributed by atoms with Gasteiger partial charge in [-0.25, -0.2) is 13.4 Å². The molecule has 0 aliphatic heterocycles. The predicted molar refractivity (Wildman–Crippen MR) is 69.3 cm³/mol. The van der Waals surface area contributed by atoms with Crippen LogP contribution in [0.1, 0.15) is 6.92 Å². The topological polar surface area (TPSA) is 72.8 Å². The molecule has 0 amide bonds. The number of benzene rings is 1. The molecule has 0 saturated heterocycles. The van der Waals surface area contributed by atoms with Gasteiger partial charge >= 0.3 is 0 Å². The molecule has 1 aromatic heterocycles. The summed E-state index contributed by atoms with van der Waals surface area (Å²) in [5.74, 6) is 0.0586. The fourth-order valence-corrected chi connectivity index (χ4v) is 3.15. The van der Waals surface area contributed by atoms with E-state index in [9.17, 15) is 8.42 Å². The van der Waals surface area contributed by atoms with Gasteiger partial charge in [0.25, 0.3) is 5.16 Å². The number of sulfone groups is 1. The van der Waals surface area contributed by atoms with Crippen molar-refractivity contribution < 1.29 is 8.42 Å². The fourth-order valence-electron chi connectivity index (χ4n) is 1.49. The minimum atomic E-state index is -3.53. The van der Waals surface area contributed by atoms with Gasteiger partial charge < -0.3 is 0 Å². The van der Waals surface area contributed by atoms with Gasteiger partial charge in [-0.15, -0.1) is 21.8 Å². The molecule has 1 atom stereocenters. The number of hydrogen-bond donors (Lipinski definition) is 0. The van der Waals surface area contributed by atoms with E-state index in [0.29, 0.717) is 11.0 Å². The molecule has 0 saturated carbocycles. The average molecular weight is 286 g/mol. The van der Waals surface area contributed by atoms with Gasteiger partial charge in [-0.1, -0.05) is 19.1 Å². The number of para-hydroxylation sites is 1. The molecule has 0 aliphatic rings. The van der Waals surface area contributed by atoms with Gasteiger partial charge in [0.05, 0.1) is 11.3 Å². The van der Waals surface area contributed by atoms with E-state index in [-0.39, 0.29) is 22.7 Å². The first kappa shape index (κ1) is 13.2. The van der Waals surface area contributed by atoms with Crippen molar-refractivity contribution >= 4 is 32.5 Å². The first-order chi connectivity index (χ1) is 8.53. The summed E-state index contributed by atoms with van der Waals surface area (Å²) in [7, 11) is -3.53. The van der Waals surface area contributed by atoms with Crippen molar-refractivity contribution in [2.24, 2.45) is 5.92 Å². The molecule has 0 spiro atoms. The number of rotatable bonds is 4. The molecule has 0 fully saturated rings. The summed E-state index contributed by atoms with van der Waals surface area (Å²) < 4.78 is 24.0. The van der Waals surface area contributed by atoms with Crippen molar-refractivity contribution in [3.63, 3.8) is 0 Å². The minimum absolute atomic E-state index is 0.0729. The van der Waals surface area contributed by atoms with Crippen LogP contribution in [-0.2, 0) is 9.84 Å². The molecule has 2 aromatic rings. The lowest BCUT2D eigenvalue weighted by molar-refractivity contribution is 0.572. The van der Waals surface area contributed by atoms with Crippen LogP contribution in [0.3, 0.4) is 0 Å². The maximum atomic E-state index is 12.0. The quantitative estimate of drug-likeness (QED) is 0.799. The molecule has 2 rings (SSSR count). The first-order valence-corrected chi connectivity index (χ1v) is 7.60. The lowest BCUT2D eigenvalue weighted by Gasteiger charge is -2.07. The van der Waals surface area contributed by atoms with E-state index >= 15 is 0 Å². The molecule has 0 bridgehead atoms. The Morgan fingerprint density at radius 1 is 1.22 bits per heavy atom.